The van der Waals surface area contributed by atoms with Crippen molar-refractivity contribution >= 4 is 17.3 Å². The van der Waals surface area contributed by atoms with Gasteiger partial charge >= 0.3 is 0 Å². The molecular formula is C21H20N2O5. The summed E-state index contributed by atoms with van der Waals surface area (Å²) < 4.78 is 11.3. The summed E-state index contributed by atoms with van der Waals surface area (Å²) in [6.07, 6.45) is 0. The lowest BCUT2D eigenvalue weighted by Crippen LogP contribution is -2.12. The molecule has 0 aliphatic heterocycles. The zero-order chi connectivity index (χ0) is 20.3. The zero-order valence-electron chi connectivity index (χ0n) is 15.8. The van der Waals surface area contributed by atoms with Gasteiger partial charge < -0.3 is 14.5 Å². The fourth-order valence-electron chi connectivity index (χ4n) is 2.67. The SMILES string of the molecule is Cc1ccc(C)c(OCc2ccc(C(=O)Nc3ccc([N+](=O)[O-])cc3C)o2)c1. The van der Waals surface area contributed by atoms with Gasteiger partial charge in [0.05, 0.1) is 4.92 Å². The first kappa shape index (κ1) is 19.2. The van der Waals surface area contributed by atoms with Crippen LogP contribution in [-0.2, 0) is 6.61 Å². The summed E-state index contributed by atoms with van der Waals surface area (Å²) in [6.45, 7) is 5.84. The van der Waals surface area contributed by atoms with Crippen molar-refractivity contribution in [1.82, 2.24) is 0 Å². The topological polar surface area (TPSA) is 94.6 Å². The average molecular weight is 380 g/mol. The van der Waals surface area contributed by atoms with E-state index in [9.17, 15) is 14.9 Å². The first-order valence-electron chi connectivity index (χ1n) is 8.68. The van der Waals surface area contributed by atoms with Crippen molar-refractivity contribution in [3.05, 3.63) is 86.9 Å². The average Bonchev–Trinajstić information content (AvgIpc) is 3.13. The van der Waals surface area contributed by atoms with Crippen LogP contribution in [0.15, 0.2) is 52.9 Å². The van der Waals surface area contributed by atoms with Gasteiger partial charge in [0.15, 0.2) is 5.76 Å². The van der Waals surface area contributed by atoms with Crippen LogP contribution in [0, 0.1) is 30.9 Å². The van der Waals surface area contributed by atoms with Crippen LogP contribution in [-0.4, -0.2) is 10.8 Å². The van der Waals surface area contributed by atoms with Crippen LogP contribution in [0.25, 0.3) is 0 Å². The molecule has 0 saturated carbocycles. The Morgan fingerprint density at radius 2 is 1.86 bits per heavy atom. The number of nitro groups is 1. The van der Waals surface area contributed by atoms with E-state index in [0.29, 0.717) is 17.0 Å². The van der Waals surface area contributed by atoms with Crippen LogP contribution < -0.4 is 10.1 Å². The van der Waals surface area contributed by atoms with Crippen molar-refractivity contribution in [3.63, 3.8) is 0 Å². The van der Waals surface area contributed by atoms with Crippen LogP contribution in [0.5, 0.6) is 5.75 Å². The molecule has 0 fully saturated rings. The molecule has 1 heterocycles. The highest BCUT2D eigenvalue weighted by molar-refractivity contribution is 6.02. The number of amides is 1. The van der Waals surface area contributed by atoms with E-state index in [2.05, 4.69) is 5.32 Å². The summed E-state index contributed by atoms with van der Waals surface area (Å²) in [6, 6.07) is 13.4. The van der Waals surface area contributed by atoms with Gasteiger partial charge in [-0.3, -0.25) is 14.9 Å². The third kappa shape index (κ3) is 4.37. The molecule has 0 radical (unpaired) electrons. The van der Waals surface area contributed by atoms with Gasteiger partial charge in [-0.2, -0.15) is 0 Å². The normalized spacial score (nSPS) is 10.5. The maximum atomic E-state index is 12.4. The molecule has 1 amide bonds. The molecule has 144 valence electrons. The summed E-state index contributed by atoms with van der Waals surface area (Å²) in [5.74, 6) is 0.989. The number of hydrogen-bond donors (Lipinski definition) is 1. The van der Waals surface area contributed by atoms with Gasteiger partial charge in [-0.05, 0) is 61.7 Å². The highest BCUT2D eigenvalue weighted by atomic mass is 16.6. The molecule has 7 heteroatoms. The summed E-state index contributed by atoms with van der Waals surface area (Å²) in [5.41, 5.74) is 3.16. The number of non-ortho nitro benzene ring substituents is 1. The molecule has 2 aromatic carbocycles. The Hall–Kier alpha value is -3.61. The van der Waals surface area contributed by atoms with Gasteiger partial charge in [0, 0.05) is 17.8 Å². The Kier molecular flexibility index (Phi) is 5.44. The molecule has 1 N–H and O–H groups in total. The second-order valence-electron chi connectivity index (χ2n) is 6.53. The number of nitrogens with one attached hydrogen (secondary N) is 1. The number of aryl methyl sites for hydroxylation is 3. The van der Waals surface area contributed by atoms with Crippen LogP contribution >= 0.6 is 0 Å². The summed E-state index contributed by atoms with van der Waals surface area (Å²) in [5, 5.41) is 13.5. The van der Waals surface area contributed by atoms with Gasteiger partial charge in [-0.15, -0.1) is 0 Å². The van der Waals surface area contributed by atoms with E-state index in [1.54, 1.807) is 19.1 Å². The lowest BCUT2D eigenvalue weighted by molar-refractivity contribution is -0.384. The van der Waals surface area contributed by atoms with E-state index in [1.165, 1.54) is 18.2 Å². The first-order chi connectivity index (χ1) is 13.3. The van der Waals surface area contributed by atoms with E-state index in [-0.39, 0.29) is 18.1 Å². The smallest absolute Gasteiger partial charge is 0.291 e. The highest BCUT2D eigenvalue weighted by Crippen LogP contribution is 2.23. The van der Waals surface area contributed by atoms with Crippen LogP contribution in [0.4, 0.5) is 11.4 Å². The van der Waals surface area contributed by atoms with Crippen molar-refractivity contribution in [2.75, 3.05) is 5.32 Å². The predicted octanol–water partition coefficient (Wildman–Crippen LogP) is 4.94. The Labute approximate surface area is 162 Å². The first-order valence-corrected chi connectivity index (χ1v) is 8.68. The van der Waals surface area contributed by atoms with E-state index in [0.717, 1.165) is 16.9 Å². The van der Waals surface area contributed by atoms with Crippen molar-refractivity contribution in [2.24, 2.45) is 0 Å². The van der Waals surface area contributed by atoms with Crippen molar-refractivity contribution < 1.29 is 18.9 Å². The Bertz CT molecular complexity index is 1040. The Morgan fingerprint density at radius 3 is 2.57 bits per heavy atom. The maximum Gasteiger partial charge on any atom is 0.291 e. The number of nitrogens with zero attached hydrogens (tertiary/aromatic N) is 1. The number of carbonyl (C=O) groups excluding carboxylic acids is 1. The number of furan rings is 1. The molecule has 0 spiro atoms. The second-order valence-corrected chi connectivity index (χ2v) is 6.53. The van der Waals surface area contributed by atoms with E-state index in [1.807, 2.05) is 32.0 Å². The molecule has 0 atom stereocenters. The molecule has 3 rings (SSSR count). The molecule has 1 aromatic heterocycles. The number of rotatable bonds is 6. The van der Waals surface area contributed by atoms with Gasteiger partial charge in [-0.1, -0.05) is 12.1 Å². The minimum Gasteiger partial charge on any atom is -0.485 e. The summed E-state index contributed by atoms with van der Waals surface area (Å²) in [4.78, 5) is 22.7. The van der Waals surface area contributed by atoms with Gasteiger partial charge in [-0.25, -0.2) is 0 Å². The molecule has 7 nitrogen and oxygen atoms in total. The van der Waals surface area contributed by atoms with E-state index >= 15 is 0 Å². The van der Waals surface area contributed by atoms with Crippen LogP contribution in [0.1, 0.15) is 33.0 Å². The van der Waals surface area contributed by atoms with E-state index < -0.39 is 10.8 Å². The summed E-state index contributed by atoms with van der Waals surface area (Å²) in [7, 11) is 0. The largest absolute Gasteiger partial charge is 0.485 e. The molecule has 0 saturated heterocycles. The fraction of sp³-hybridized carbons (Fsp3) is 0.190. The standard InChI is InChI=1S/C21H20N2O5/c1-13-4-5-14(2)20(10-13)27-12-17-7-9-19(28-17)21(24)22-18-8-6-16(23(25)26)11-15(18)3/h4-11H,12H2,1-3H3,(H,22,24). The van der Waals surface area contributed by atoms with Crippen molar-refractivity contribution in [1.29, 1.82) is 0 Å². The molecule has 0 bridgehead atoms. The lowest BCUT2D eigenvalue weighted by Gasteiger charge is -2.08. The number of hydrogen-bond acceptors (Lipinski definition) is 5. The van der Waals surface area contributed by atoms with Crippen molar-refractivity contribution in [3.8, 4) is 5.75 Å². The molecule has 0 unspecified atom stereocenters. The molecule has 3 aromatic rings. The lowest BCUT2D eigenvalue weighted by atomic mass is 10.1. The fourth-order valence-corrected chi connectivity index (χ4v) is 2.67. The zero-order valence-corrected chi connectivity index (χ0v) is 15.8. The number of carbonyl (C=O) groups is 1. The van der Waals surface area contributed by atoms with Gasteiger partial charge in [0.25, 0.3) is 11.6 Å². The van der Waals surface area contributed by atoms with Crippen LogP contribution in [0.2, 0.25) is 0 Å². The molecular weight excluding hydrogens is 360 g/mol. The number of nitro benzene ring substituents is 1. The predicted molar refractivity (Wildman–Crippen MR) is 105 cm³/mol. The van der Waals surface area contributed by atoms with Gasteiger partial charge in [0.2, 0.25) is 0 Å². The third-order valence-corrected chi connectivity index (χ3v) is 4.27. The minimum atomic E-state index is -0.479. The maximum absolute atomic E-state index is 12.4. The number of anilines is 1. The second kappa shape index (κ2) is 7.96. The monoisotopic (exact) mass is 380 g/mol. The highest BCUT2D eigenvalue weighted by Gasteiger charge is 2.15. The van der Waals surface area contributed by atoms with Gasteiger partial charge in [0.1, 0.15) is 18.1 Å². The molecule has 28 heavy (non-hydrogen) atoms. The molecule has 0 aliphatic carbocycles. The third-order valence-electron chi connectivity index (χ3n) is 4.27. The Morgan fingerprint density at radius 1 is 1.07 bits per heavy atom. The van der Waals surface area contributed by atoms with Crippen LogP contribution in [0.3, 0.4) is 0 Å². The minimum absolute atomic E-state index is 0.0284. The number of benzene rings is 2. The number of ether oxygens (including phenoxy) is 1. The molecule has 0 aliphatic rings. The quantitative estimate of drug-likeness (QED) is 0.482. The Balaban J connectivity index is 1.65. The summed E-state index contributed by atoms with van der Waals surface area (Å²) >= 11 is 0. The van der Waals surface area contributed by atoms with Crippen molar-refractivity contribution in [2.45, 2.75) is 27.4 Å². The van der Waals surface area contributed by atoms with E-state index in [4.69, 9.17) is 9.15 Å².